The fraction of sp³-hybridized carbons (Fsp3) is 0.909. The van der Waals surface area contributed by atoms with Crippen LogP contribution in [0.4, 0.5) is 0 Å². The molecule has 15 heavy (non-hydrogen) atoms. The first kappa shape index (κ1) is 12.5. The largest absolute Gasteiger partial charge is 0.396 e. The third kappa shape index (κ3) is 5.14. The first-order chi connectivity index (χ1) is 7.22. The third-order valence-corrected chi connectivity index (χ3v) is 2.80. The zero-order chi connectivity index (χ0) is 11.1. The van der Waals surface area contributed by atoms with Gasteiger partial charge in [-0.2, -0.15) is 0 Å². The van der Waals surface area contributed by atoms with E-state index in [2.05, 4.69) is 17.3 Å². The second kappa shape index (κ2) is 6.80. The van der Waals surface area contributed by atoms with Crippen molar-refractivity contribution in [3.63, 3.8) is 0 Å². The molecule has 0 aromatic carbocycles. The fourth-order valence-electron chi connectivity index (χ4n) is 1.98. The highest BCUT2D eigenvalue weighted by atomic mass is 16.2. The van der Waals surface area contributed by atoms with Crippen LogP contribution in [0.3, 0.4) is 0 Å². The maximum atomic E-state index is 11.5. The molecule has 1 saturated heterocycles. The molecule has 0 spiro atoms. The molecule has 2 N–H and O–H groups in total. The van der Waals surface area contributed by atoms with Gasteiger partial charge < -0.3 is 15.3 Å². The molecule has 4 heteroatoms. The lowest BCUT2D eigenvalue weighted by molar-refractivity contribution is -0.122. The van der Waals surface area contributed by atoms with Crippen LogP contribution in [0.25, 0.3) is 0 Å². The summed E-state index contributed by atoms with van der Waals surface area (Å²) in [6.45, 7) is 2.28. The Balaban J connectivity index is 2.13. The lowest BCUT2D eigenvalue weighted by Gasteiger charge is -2.30. The van der Waals surface area contributed by atoms with Crippen LogP contribution < -0.4 is 5.32 Å². The van der Waals surface area contributed by atoms with Gasteiger partial charge in [-0.05, 0) is 39.3 Å². The molecule has 0 aromatic heterocycles. The van der Waals surface area contributed by atoms with Crippen LogP contribution in [0.15, 0.2) is 0 Å². The SMILES string of the molecule is CN1CCCC(NC(=O)CCCCO)C1. The van der Waals surface area contributed by atoms with Gasteiger partial charge in [-0.25, -0.2) is 0 Å². The van der Waals surface area contributed by atoms with Crippen LogP contribution in [0.5, 0.6) is 0 Å². The number of carbonyl (C=O) groups is 1. The molecule has 0 radical (unpaired) electrons. The second-order valence-electron chi connectivity index (χ2n) is 4.35. The summed E-state index contributed by atoms with van der Waals surface area (Å²) in [6.07, 6.45) is 4.30. The third-order valence-electron chi connectivity index (χ3n) is 2.80. The van der Waals surface area contributed by atoms with Gasteiger partial charge in [0, 0.05) is 25.6 Å². The smallest absolute Gasteiger partial charge is 0.220 e. The Kier molecular flexibility index (Phi) is 5.65. The molecular weight excluding hydrogens is 192 g/mol. The van der Waals surface area contributed by atoms with Crippen LogP contribution in [0, 0.1) is 0 Å². The predicted molar refractivity (Wildman–Crippen MR) is 59.6 cm³/mol. The molecule has 1 heterocycles. The summed E-state index contributed by atoms with van der Waals surface area (Å²) in [5.74, 6) is 0.128. The summed E-state index contributed by atoms with van der Waals surface area (Å²) in [5.41, 5.74) is 0. The predicted octanol–water partition coefficient (Wildman–Crippen LogP) is 0.359. The lowest BCUT2D eigenvalue weighted by Crippen LogP contribution is -2.46. The normalized spacial score (nSPS) is 22.7. The number of hydrogen-bond donors (Lipinski definition) is 2. The number of rotatable bonds is 5. The number of likely N-dealkylation sites (tertiary alicyclic amines) is 1. The molecular formula is C11H22N2O2. The maximum Gasteiger partial charge on any atom is 0.220 e. The van der Waals surface area contributed by atoms with Crippen LogP contribution in [-0.4, -0.2) is 48.7 Å². The highest BCUT2D eigenvalue weighted by Gasteiger charge is 2.18. The van der Waals surface area contributed by atoms with E-state index in [1.165, 1.54) is 0 Å². The van der Waals surface area contributed by atoms with Gasteiger partial charge >= 0.3 is 0 Å². The second-order valence-corrected chi connectivity index (χ2v) is 4.35. The van der Waals surface area contributed by atoms with E-state index < -0.39 is 0 Å². The van der Waals surface area contributed by atoms with Gasteiger partial charge in [0.15, 0.2) is 0 Å². The monoisotopic (exact) mass is 214 g/mol. The van der Waals surface area contributed by atoms with Crippen molar-refractivity contribution in [2.24, 2.45) is 0 Å². The Morgan fingerprint density at radius 2 is 2.33 bits per heavy atom. The number of piperidine rings is 1. The highest BCUT2D eigenvalue weighted by Crippen LogP contribution is 2.08. The molecule has 1 fully saturated rings. The summed E-state index contributed by atoms with van der Waals surface area (Å²) in [7, 11) is 2.09. The molecule has 0 aromatic rings. The van der Waals surface area contributed by atoms with E-state index in [9.17, 15) is 4.79 Å². The van der Waals surface area contributed by atoms with E-state index in [1.807, 2.05) is 0 Å². The summed E-state index contributed by atoms with van der Waals surface area (Å²) < 4.78 is 0. The number of carbonyl (C=O) groups excluding carboxylic acids is 1. The maximum absolute atomic E-state index is 11.5. The number of unbranched alkanes of at least 4 members (excludes halogenated alkanes) is 1. The van der Waals surface area contributed by atoms with Crippen molar-refractivity contribution in [3.05, 3.63) is 0 Å². The summed E-state index contributed by atoms with van der Waals surface area (Å²) in [5, 5.41) is 11.6. The van der Waals surface area contributed by atoms with Gasteiger partial charge in [-0.3, -0.25) is 4.79 Å². The number of hydrogen-bond acceptors (Lipinski definition) is 3. The molecule has 1 unspecified atom stereocenters. The first-order valence-electron chi connectivity index (χ1n) is 5.81. The van der Waals surface area contributed by atoms with E-state index in [-0.39, 0.29) is 12.5 Å². The number of nitrogens with one attached hydrogen (secondary N) is 1. The van der Waals surface area contributed by atoms with E-state index in [4.69, 9.17) is 5.11 Å². The molecule has 1 rings (SSSR count). The first-order valence-corrected chi connectivity index (χ1v) is 5.81. The van der Waals surface area contributed by atoms with E-state index in [0.29, 0.717) is 12.5 Å². The summed E-state index contributed by atoms with van der Waals surface area (Å²) in [4.78, 5) is 13.7. The molecule has 1 amide bonds. The molecule has 4 nitrogen and oxygen atoms in total. The minimum absolute atomic E-state index is 0.128. The number of nitrogens with zero attached hydrogens (tertiary/aromatic N) is 1. The van der Waals surface area contributed by atoms with Gasteiger partial charge in [0.1, 0.15) is 0 Å². The Morgan fingerprint density at radius 1 is 1.53 bits per heavy atom. The number of amides is 1. The number of aliphatic hydroxyl groups excluding tert-OH is 1. The molecule has 0 saturated carbocycles. The standard InChI is InChI=1S/C11H22N2O2/c1-13-7-4-5-10(9-13)12-11(15)6-2-3-8-14/h10,14H,2-9H2,1H3,(H,12,15). The number of likely N-dealkylation sites (N-methyl/N-ethyl adjacent to an activating group) is 1. The number of aliphatic hydroxyl groups is 1. The van der Waals surface area contributed by atoms with Crippen LogP contribution in [0.1, 0.15) is 32.1 Å². The van der Waals surface area contributed by atoms with Crippen molar-refractivity contribution < 1.29 is 9.90 Å². The average molecular weight is 214 g/mol. The fourth-order valence-corrected chi connectivity index (χ4v) is 1.98. The van der Waals surface area contributed by atoms with Gasteiger partial charge in [-0.1, -0.05) is 0 Å². The van der Waals surface area contributed by atoms with Crippen molar-refractivity contribution in [3.8, 4) is 0 Å². The quantitative estimate of drug-likeness (QED) is 0.650. The average Bonchev–Trinajstić information content (AvgIpc) is 2.18. The summed E-state index contributed by atoms with van der Waals surface area (Å²) in [6, 6.07) is 0.324. The minimum atomic E-state index is 0.128. The summed E-state index contributed by atoms with van der Waals surface area (Å²) >= 11 is 0. The van der Waals surface area contributed by atoms with Crippen LogP contribution in [-0.2, 0) is 4.79 Å². The Hall–Kier alpha value is -0.610. The lowest BCUT2D eigenvalue weighted by atomic mass is 10.1. The molecule has 1 atom stereocenters. The van der Waals surface area contributed by atoms with Crippen molar-refractivity contribution in [1.29, 1.82) is 0 Å². The minimum Gasteiger partial charge on any atom is -0.396 e. The van der Waals surface area contributed by atoms with Gasteiger partial charge in [0.2, 0.25) is 5.91 Å². The van der Waals surface area contributed by atoms with Crippen molar-refractivity contribution in [2.75, 3.05) is 26.7 Å². The molecule has 1 aliphatic rings. The Bertz CT molecular complexity index is 197. The van der Waals surface area contributed by atoms with E-state index in [1.54, 1.807) is 0 Å². The van der Waals surface area contributed by atoms with Gasteiger partial charge in [0.05, 0.1) is 0 Å². The zero-order valence-electron chi connectivity index (χ0n) is 9.54. The van der Waals surface area contributed by atoms with Crippen molar-refractivity contribution in [1.82, 2.24) is 10.2 Å². The van der Waals surface area contributed by atoms with E-state index >= 15 is 0 Å². The molecule has 88 valence electrons. The highest BCUT2D eigenvalue weighted by molar-refractivity contribution is 5.76. The van der Waals surface area contributed by atoms with Crippen molar-refractivity contribution in [2.45, 2.75) is 38.1 Å². The molecule has 0 aliphatic carbocycles. The Labute approximate surface area is 91.6 Å². The zero-order valence-corrected chi connectivity index (χ0v) is 9.54. The van der Waals surface area contributed by atoms with Gasteiger partial charge in [-0.15, -0.1) is 0 Å². The van der Waals surface area contributed by atoms with Crippen molar-refractivity contribution >= 4 is 5.91 Å². The Morgan fingerprint density at radius 3 is 3.00 bits per heavy atom. The van der Waals surface area contributed by atoms with Gasteiger partial charge in [0.25, 0.3) is 0 Å². The topological polar surface area (TPSA) is 52.6 Å². The van der Waals surface area contributed by atoms with Crippen LogP contribution >= 0.6 is 0 Å². The molecule has 1 aliphatic heterocycles. The molecule has 0 bridgehead atoms. The van der Waals surface area contributed by atoms with Crippen LogP contribution in [0.2, 0.25) is 0 Å². The van der Waals surface area contributed by atoms with E-state index in [0.717, 1.165) is 38.8 Å².